The van der Waals surface area contributed by atoms with E-state index in [0.29, 0.717) is 23.0 Å². The van der Waals surface area contributed by atoms with Crippen molar-refractivity contribution in [2.75, 3.05) is 6.54 Å². The number of hydrogen-bond acceptors (Lipinski definition) is 4. The highest BCUT2D eigenvalue weighted by atomic mass is 35.5. The van der Waals surface area contributed by atoms with Gasteiger partial charge in [0, 0.05) is 16.6 Å². The second-order valence-electron chi connectivity index (χ2n) is 6.10. The molecule has 0 fully saturated rings. The maximum absolute atomic E-state index is 8.94. The van der Waals surface area contributed by atoms with Gasteiger partial charge in [0.2, 0.25) is 5.89 Å². The van der Waals surface area contributed by atoms with Crippen LogP contribution >= 0.6 is 11.6 Å². The number of benzene rings is 2. The first-order valence-corrected chi connectivity index (χ1v) is 8.93. The SMILES string of the molecule is CCN(Cc1ncc(-c2ccc(Cl)cc2)o1)[C@H](C)c1ccc(C#N)cc1. The van der Waals surface area contributed by atoms with E-state index in [1.54, 1.807) is 6.20 Å². The summed E-state index contributed by atoms with van der Waals surface area (Å²) < 4.78 is 5.93. The van der Waals surface area contributed by atoms with E-state index in [-0.39, 0.29) is 6.04 Å². The fourth-order valence-corrected chi connectivity index (χ4v) is 3.00. The third-order valence-electron chi connectivity index (χ3n) is 4.50. The summed E-state index contributed by atoms with van der Waals surface area (Å²) in [5, 5.41) is 9.64. The van der Waals surface area contributed by atoms with Crippen LogP contribution in [0.4, 0.5) is 0 Å². The molecule has 0 aliphatic heterocycles. The highest BCUT2D eigenvalue weighted by Gasteiger charge is 2.17. The molecule has 0 amide bonds. The van der Waals surface area contributed by atoms with E-state index in [4.69, 9.17) is 21.3 Å². The van der Waals surface area contributed by atoms with Crippen LogP contribution < -0.4 is 0 Å². The van der Waals surface area contributed by atoms with Gasteiger partial charge in [0.25, 0.3) is 0 Å². The molecule has 26 heavy (non-hydrogen) atoms. The number of aromatic nitrogens is 1. The lowest BCUT2D eigenvalue weighted by atomic mass is 10.1. The molecule has 0 unspecified atom stereocenters. The predicted molar refractivity (Wildman–Crippen MR) is 103 cm³/mol. The molecule has 0 aliphatic rings. The van der Waals surface area contributed by atoms with Crippen LogP contribution in [0.3, 0.4) is 0 Å². The fraction of sp³-hybridized carbons (Fsp3) is 0.238. The minimum absolute atomic E-state index is 0.193. The van der Waals surface area contributed by atoms with Gasteiger partial charge in [0.15, 0.2) is 5.76 Å². The molecule has 1 atom stereocenters. The average Bonchev–Trinajstić information content (AvgIpc) is 3.15. The molecule has 0 saturated carbocycles. The molecule has 0 aliphatic carbocycles. The Morgan fingerprint density at radius 3 is 2.46 bits per heavy atom. The zero-order valence-corrected chi connectivity index (χ0v) is 15.6. The number of nitrogens with zero attached hydrogens (tertiary/aromatic N) is 3. The summed E-state index contributed by atoms with van der Waals surface area (Å²) in [7, 11) is 0. The van der Waals surface area contributed by atoms with Gasteiger partial charge in [0.05, 0.1) is 24.4 Å². The Bertz CT molecular complexity index is 894. The van der Waals surface area contributed by atoms with Crippen LogP contribution in [0.1, 0.15) is 36.9 Å². The number of rotatable bonds is 6. The largest absolute Gasteiger partial charge is 0.439 e. The number of halogens is 1. The quantitative estimate of drug-likeness (QED) is 0.582. The van der Waals surface area contributed by atoms with Crippen LogP contribution in [-0.2, 0) is 6.54 Å². The molecule has 2 aromatic carbocycles. The molecule has 0 bridgehead atoms. The summed E-state index contributed by atoms with van der Waals surface area (Å²) >= 11 is 5.93. The molecule has 132 valence electrons. The smallest absolute Gasteiger partial charge is 0.209 e. The van der Waals surface area contributed by atoms with Crippen LogP contribution in [0.5, 0.6) is 0 Å². The van der Waals surface area contributed by atoms with Crippen molar-refractivity contribution in [2.45, 2.75) is 26.4 Å². The molecule has 1 heterocycles. The van der Waals surface area contributed by atoms with Crippen molar-refractivity contribution in [2.24, 2.45) is 0 Å². The van der Waals surface area contributed by atoms with Crippen molar-refractivity contribution in [3.8, 4) is 17.4 Å². The summed E-state index contributed by atoms with van der Waals surface area (Å²) in [5.74, 6) is 1.41. The zero-order valence-electron chi connectivity index (χ0n) is 14.8. The zero-order chi connectivity index (χ0) is 18.5. The summed E-state index contributed by atoms with van der Waals surface area (Å²) in [6.07, 6.45) is 1.75. The highest BCUT2D eigenvalue weighted by Crippen LogP contribution is 2.25. The maximum atomic E-state index is 8.94. The van der Waals surface area contributed by atoms with Crippen LogP contribution in [0.2, 0.25) is 5.02 Å². The number of hydrogen-bond donors (Lipinski definition) is 0. The van der Waals surface area contributed by atoms with E-state index in [2.05, 4.69) is 29.8 Å². The predicted octanol–water partition coefficient (Wildman–Crippen LogP) is 5.45. The van der Waals surface area contributed by atoms with E-state index in [1.165, 1.54) is 0 Å². The summed E-state index contributed by atoms with van der Waals surface area (Å²) in [6, 6.07) is 17.6. The van der Waals surface area contributed by atoms with Crippen molar-refractivity contribution in [1.29, 1.82) is 5.26 Å². The van der Waals surface area contributed by atoms with Gasteiger partial charge >= 0.3 is 0 Å². The summed E-state index contributed by atoms with van der Waals surface area (Å²) in [6.45, 7) is 5.74. The Hall–Kier alpha value is -2.61. The van der Waals surface area contributed by atoms with Crippen molar-refractivity contribution in [3.05, 3.63) is 76.8 Å². The first-order chi connectivity index (χ1) is 12.6. The molecule has 4 nitrogen and oxygen atoms in total. The molecule has 3 rings (SSSR count). The standard InChI is InChI=1S/C21H20ClN3O/c1-3-25(15(2)17-6-4-16(12-23)5-7-17)14-21-24-13-20(26-21)18-8-10-19(22)11-9-18/h4-11,13,15H,3,14H2,1-2H3/t15-/m1/s1. The Morgan fingerprint density at radius 1 is 1.15 bits per heavy atom. The second-order valence-corrected chi connectivity index (χ2v) is 6.53. The number of oxazole rings is 1. The van der Waals surface area contributed by atoms with Gasteiger partial charge in [-0.05, 0) is 55.4 Å². The third kappa shape index (κ3) is 4.13. The van der Waals surface area contributed by atoms with Gasteiger partial charge in [-0.2, -0.15) is 5.26 Å². The molecule has 5 heteroatoms. The van der Waals surface area contributed by atoms with Crippen molar-refractivity contribution < 1.29 is 4.42 Å². The summed E-state index contributed by atoms with van der Waals surface area (Å²) in [5.41, 5.74) is 2.79. The molecule has 0 N–H and O–H groups in total. The summed E-state index contributed by atoms with van der Waals surface area (Å²) in [4.78, 5) is 6.70. The van der Waals surface area contributed by atoms with Crippen molar-refractivity contribution >= 4 is 11.6 Å². The van der Waals surface area contributed by atoms with Gasteiger partial charge in [-0.15, -0.1) is 0 Å². The van der Waals surface area contributed by atoms with Gasteiger partial charge in [0.1, 0.15) is 0 Å². The van der Waals surface area contributed by atoms with Crippen LogP contribution in [-0.4, -0.2) is 16.4 Å². The van der Waals surface area contributed by atoms with E-state index < -0.39 is 0 Å². The Labute approximate surface area is 158 Å². The van der Waals surface area contributed by atoms with Crippen LogP contribution in [0, 0.1) is 11.3 Å². The second kappa shape index (κ2) is 8.18. The van der Waals surface area contributed by atoms with Crippen molar-refractivity contribution in [3.63, 3.8) is 0 Å². The van der Waals surface area contributed by atoms with Gasteiger partial charge in [-0.1, -0.05) is 30.7 Å². The minimum atomic E-state index is 0.193. The van der Waals surface area contributed by atoms with Gasteiger partial charge < -0.3 is 4.42 Å². The lowest BCUT2D eigenvalue weighted by Crippen LogP contribution is -2.26. The monoisotopic (exact) mass is 365 g/mol. The molecule has 3 aromatic rings. The first kappa shape index (κ1) is 18.2. The topological polar surface area (TPSA) is 53.1 Å². The minimum Gasteiger partial charge on any atom is -0.439 e. The molecular weight excluding hydrogens is 346 g/mol. The number of nitriles is 1. The van der Waals surface area contributed by atoms with Crippen LogP contribution in [0.25, 0.3) is 11.3 Å². The van der Waals surface area contributed by atoms with Crippen LogP contribution in [0.15, 0.2) is 59.1 Å². The third-order valence-corrected chi connectivity index (χ3v) is 4.75. The molecule has 0 radical (unpaired) electrons. The van der Waals surface area contributed by atoms with E-state index >= 15 is 0 Å². The Morgan fingerprint density at radius 2 is 1.85 bits per heavy atom. The lowest BCUT2D eigenvalue weighted by molar-refractivity contribution is 0.193. The van der Waals surface area contributed by atoms with Crippen molar-refractivity contribution in [1.82, 2.24) is 9.88 Å². The first-order valence-electron chi connectivity index (χ1n) is 8.55. The normalized spacial score (nSPS) is 12.1. The Balaban J connectivity index is 1.73. The molecule has 0 spiro atoms. The van der Waals surface area contributed by atoms with E-state index in [1.807, 2.05) is 48.5 Å². The van der Waals surface area contributed by atoms with Gasteiger partial charge in [-0.25, -0.2) is 4.98 Å². The van der Waals surface area contributed by atoms with Gasteiger partial charge in [-0.3, -0.25) is 4.90 Å². The molecule has 0 saturated heterocycles. The maximum Gasteiger partial charge on any atom is 0.209 e. The fourth-order valence-electron chi connectivity index (χ4n) is 2.87. The van der Waals surface area contributed by atoms with E-state index in [9.17, 15) is 0 Å². The Kier molecular flexibility index (Phi) is 5.72. The lowest BCUT2D eigenvalue weighted by Gasteiger charge is -2.26. The van der Waals surface area contributed by atoms with E-state index in [0.717, 1.165) is 23.4 Å². The average molecular weight is 366 g/mol. The molecule has 1 aromatic heterocycles. The highest BCUT2D eigenvalue weighted by molar-refractivity contribution is 6.30. The molecular formula is C21H20ClN3O.